The lowest BCUT2D eigenvalue weighted by molar-refractivity contribution is -0.135. The summed E-state index contributed by atoms with van der Waals surface area (Å²) in [4.78, 5) is 11.7. The summed E-state index contributed by atoms with van der Waals surface area (Å²) < 4.78 is 18.0. The fourth-order valence-corrected chi connectivity index (χ4v) is 1.58. The van der Waals surface area contributed by atoms with Crippen molar-refractivity contribution >= 4 is 11.7 Å². The average molecular weight is 250 g/mol. The predicted molar refractivity (Wildman–Crippen MR) is 61.2 cm³/mol. The van der Waals surface area contributed by atoms with Gasteiger partial charge in [0.25, 0.3) is 0 Å². The summed E-state index contributed by atoms with van der Waals surface area (Å²) in [5, 5.41) is 10.7. The molecule has 18 heavy (non-hydrogen) atoms. The molecule has 7 heteroatoms. The molecule has 1 aliphatic rings. The normalized spacial score (nSPS) is 21.8. The third-order valence-electron chi connectivity index (χ3n) is 2.44. The topological polar surface area (TPSA) is 89.4 Å². The van der Waals surface area contributed by atoms with Crippen molar-refractivity contribution in [1.29, 1.82) is 0 Å². The van der Waals surface area contributed by atoms with E-state index in [0.29, 0.717) is 0 Å². The highest BCUT2D eigenvalue weighted by Crippen LogP contribution is 2.27. The second-order valence-corrected chi connectivity index (χ2v) is 3.64. The van der Waals surface area contributed by atoms with Gasteiger partial charge in [0.05, 0.1) is 6.61 Å². The van der Waals surface area contributed by atoms with Crippen LogP contribution in [-0.4, -0.2) is 18.3 Å². The van der Waals surface area contributed by atoms with Gasteiger partial charge < -0.3 is 4.74 Å². The quantitative estimate of drug-likeness (QED) is 0.820. The van der Waals surface area contributed by atoms with Gasteiger partial charge in [0.1, 0.15) is 5.82 Å². The van der Waals surface area contributed by atoms with Gasteiger partial charge in [-0.3, -0.25) is 5.73 Å². The molecule has 0 radical (unpaired) electrons. The Hall–Kier alpha value is -2.15. The Bertz CT molecular complexity index is 544. The van der Waals surface area contributed by atoms with Gasteiger partial charge in [-0.2, -0.15) is 0 Å². The molecule has 94 valence electrons. The van der Waals surface area contributed by atoms with Crippen LogP contribution in [0.15, 0.2) is 39.7 Å². The molecule has 0 aromatic heterocycles. The minimum absolute atomic E-state index is 0.157. The monoisotopic (exact) mass is 250 g/mol. The first kappa shape index (κ1) is 12.3. The van der Waals surface area contributed by atoms with Gasteiger partial charge in [-0.15, -0.1) is 10.2 Å². The molecule has 2 rings (SSSR count). The van der Waals surface area contributed by atoms with Crippen molar-refractivity contribution < 1.29 is 13.9 Å². The number of carbonyl (C=O) groups is 1. The van der Waals surface area contributed by atoms with E-state index in [1.54, 1.807) is 13.0 Å². The number of hydrogen-bond acceptors (Lipinski definition) is 6. The van der Waals surface area contributed by atoms with Crippen LogP contribution in [0, 0.1) is 5.82 Å². The van der Waals surface area contributed by atoms with E-state index in [1.807, 2.05) is 0 Å². The lowest BCUT2D eigenvalue weighted by Crippen LogP contribution is -2.45. The summed E-state index contributed by atoms with van der Waals surface area (Å²) in [6, 6.07) is 5.46. The fraction of sp³-hybridized carbons (Fsp3) is 0.273. The Morgan fingerprint density at radius 1 is 1.56 bits per heavy atom. The highest BCUT2D eigenvalue weighted by atomic mass is 19.1. The second kappa shape index (κ2) is 4.61. The van der Waals surface area contributed by atoms with Gasteiger partial charge in [-0.1, -0.05) is 12.1 Å². The van der Waals surface area contributed by atoms with Crippen LogP contribution in [0.2, 0.25) is 0 Å². The van der Waals surface area contributed by atoms with Gasteiger partial charge in [-0.25, -0.2) is 9.18 Å². The molecule has 1 aliphatic heterocycles. The molecule has 0 fully saturated rings. The minimum atomic E-state index is -1.59. The van der Waals surface area contributed by atoms with E-state index in [2.05, 4.69) is 15.4 Å². The average Bonchev–Trinajstić information content (AvgIpc) is 2.73. The number of halogens is 1. The second-order valence-electron chi connectivity index (χ2n) is 3.64. The van der Waals surface area contributed by atoms with Crippen LogP contribution < -0.4 is 5.73 Å². The van der Waals surface area contributed by atoms with E-state index in [-0.39, 0.29) is 17.9 Å². The molecule has 6 nitrogen and oxygen atoms in total. The van der Waals surface area contributed by atoms with E-state index in [9.17, 15) is 9.18 Å². The summed E-state index contributed by atoms with van der Waals surface area (Å²) in [6.45, 7) is 1.83. The van der Waals surface area contributed by atoms with Gasteiger partial charge in [-0.05, 0) is 24.3 Å². The molecular formula is C11H11FN4O2. The Labute approximate surface area is 102 Å². The molecule has 1 heterocycles. The number of benzene rings is 1. The molecule has 0 saturated carbocycles. The smallest absolute Gasteiger partial charge is 0.359 e. The SMILES string of the molecule is CCOC(=O)C1=NN=NC1(N)c1cccc(F)c1. The first-order chi connectivity index (χ1) is 8.58. The first-order valence-corrected chi connectivity index (χ1v) is 5.30. The molecule has 1 unspecified atom stereocenters. The molecule has 0 aliphatic carbocycles. The molecule has 0 bridgehead atoms. The third-order valence-corrected chi connectivity index (χ3v) is 2.44. The van der Waals surface area contributed by atoms with Gasteiger partial charge >= 0.3 is 5.97 Å². The van der Waals surface area contributed by atoms with Crippen LogP contribution in [0.4, 0.5) is 4.39 Å². The maximum Gasteiger partial charge on any atom is 0.359 e. The largest absolute Gasteiger partial charge is 0.461 e. The lowest BCUT2D eigenvalue weighted by Gasteiger charge is -2.20. The van der Waals surface area contributed by atoms with E-state index >= 15 is 0 Å². The number of hydrogen-bond donors (Lipinski definition) is 1. The summed E-state index contributed by atoms with van der Waals surface area (Å²) in [6.07, 6.45) is 0. The summed E-state index contributed by atoms with van der Waals surface area (Å²) >= 11 is 0. The summed E-state index contributed by atoms with van der Waals surface area (Å²) in [7, 11) is 0. The molecule has 0 saturated heterocycles. The van der Waals surface area contributed by atoms with Gasteiger partial charge in [0.15, 0.2) is 5.71 Å². The summed E-state index contributed by atoms with van der Waals surface area (Å²) in [5.74, 6) is -1.20. The van der Waals surface area contributed by atoms with E-state index in [1.165, 1.54) is 18.2 Å². The number of esters is 1. The Balaban J connectivity index is 2.39. The lowest BCUT2D eigenvalue weighted by atomic mass is 9.96. The van der Waals surface area contributed by atoms with Crippen LogP contribution in [0.25, 0.3) is 0 Å². The maximum absolute atomic E-state index is 13.2. The zero-order valence-electron chi connectivity index (χ0n) is 9.63. The summed E-state index contributed by atoms with van der Waals surface area (Å²) in [5.41, 5.74) is 4.51. The van der Waals surface area contributed by atoms with Crippen LogP contribution in [0.3, 0.4) is 0 Å². The van der Waals surface area contributed by atoms with E-state index in [0.717, 1.165) is 0 Å². The van der Waals surface area contributed by atoms with Crippen molar-refractivity contribution in [2.24, 2.45) is 21.2 Å². The van der Waals surface area contributed by atoms with Crippen molar-refractivity contribution in [2.45, 2.75) is 12.6 Å². The number of ether oxygens (including phenoxy) is 1. The molecule has 1 atom stereocenters. The first-order valence-electron chi connectivity index (χ1n) is 5.30. The van der Waals surface area contributed by atoms with Crippen LogP contribution >= 0.6 is 0 Å². The zero-order chi connectivity index (χ0) is 13.2. The van der Waals surface area contributed by atoms with Crippen LogP contribution in [-0.2, 0) is 15.2 Å². The highest BCUT2D eigenvalue weighted by molar-refractivity contribution is 6.40. The molecule has 2 N–H and O–H groups in total. The van der Waals surface area contributed by atoms with Crippen molar-refractivity contribution in [2.75, 3.05) is 6.61 Å². The number of nitrogens with zero attached hydrogens (tertiary/aromatic N) is 3. The van der Waals surface area contributed by atoms with E-state index < -0.39 is 17.4 Å². The predicted octanol–water partition coefficient (Wildman–Crippen LogP) is 1.32. The minimum Gasteiger partial charge on any atom is -0.461 e. The van der Waals surface area contributed by atoms with Crippen molar-refractivity contribution in [1.82, 2.24) is 0 Å². The maximum atomic E-state index is 13.2. The van der Waals surface area contributed by atoms with Crippen LogP contribution in [0.1, 0.15) is 12.5 Å². The van der Waals surface area contributed by atoms with Crippen molar-refractivity contribution in [3.05, 3.63) is 35.6 Å². The molecule has 0 amide bonds. The third kappa shape index (κ3) is 2.00. The molecule has 0 spiro atoms. The number of nitrogens with two attached hydrogens (primary N) is 1. The fourth-order valence-electron chi connectivity index (χ4n) is 1.58. The number of rotatable bonds is 3. The van der Waals surface area contributed by atoms with Gasteiger partial charge in [0, 0.05) is 5.56 Å². The molecule has 1 aromatic rings. The Kier molecular flexibility index (Phi) is 3.15. The molecule has 1 aromatic carbocycles. The van der Waals surface area contributed by atoms with Crippen molar-refractivity contribution in [3.63, 3.8) is 0 Å². The Morgan fingerprint density at radius 2 is 2.33 bits per heavy atom. The van der Waals surface area contributed by atoms with Crippen molar-refractivity contribution in [3.8, 4) is 0 Å². The highest BCUT2D eigenvalue weighted by Gasteiger charge is 2.43. The number of carbonyl (C=O) groups excluding carboxylic acids is 1. The van der Waals surface area contributed by atoms with Gasteiger partial charge in [0.2, 0.25) is 5.66 Å². The Morgan fingerprint density at radius 3 is 3.00 bits per heavy atom. The zero-order valence-corrected chi connectivity index (χ0v) is 9.63. The van der Waals surface area contributed by atoms with E-state index in [4.69, 9.17) is 10.5 Å². The standard InChI is InChI=1S/C11H11FN4O2/c1-2-18-10(17)9-11(13,15-16-14-9)7-4-3-5-8(12)6-7/h3-6H,2,13H2,1H3. The van der Waals surface area contributed by atoms with Crippen LogP contribution in [0.5, 0.6) is 0 Å². The molecular weight excluding hydrogens is 239 g/mol.